The van der Waals surface area contributed by atoms with E-state index in [1.165, 1.54) is 0 Å². The maximum Gasteiger partial charge on any atom is 0.323 e. The summed E-state index contributed by atoms with van der Waals surface area (Å²) < 4.78 is 7.53. The van der Waals surface area contributed by atoms with Gasteiger partial charge in [0.05, 0.1) is 13.2 Å². The molecule has 4 N–H and O–H groups in total. The van der Waals surface area contributed by atoms with Gasteiger partial charge in [-0.05, 0) is 75.2 Å². The number of piperazine rings is 1. The maximum absolute atomic E-state index is 13.5. The third-order valence-corrected chi connectivity index (χ3v) is 10.5. The highest BCUT2D eigenvalue weighted by Crippen LogP contribution is 2.32. The number of nitrogens with zero attached hydrogens (tertiary/aromatic N) is 7. The van der Waals surface area contributed by atoms with Crippen molar-refractivity contribution in [3.05, 3.63) is 59.9 Å². The first-order valence-corrected chi connectivity index (χ1v) is 18.4. The van der Waals surface area contributed by atoms with Crippen molar-refractivity contribution in [2.45, 2.75) is 38.1 Å². The molecule has 0 radical (unpaired) electrons. The van der Waals surface area contributed by atoms with Crippen LogP contribution in [0.15, 0.2) is 48.5 Å². The SMILES string of the molecule is CNC(=O)C1(c2nc(-c3ccc(NC(=O)Nc4ccc(C(=O)N5CCN(C(C)C)CC5)cc4)cc3)nc(N3CCOCC3)n2)CCCN(I)NC1. The van der Waals surface area contributed by atoms with Crippen LogP contribution in [-0.4, -0.2) is 124 Å². The lowest BCUT2D eigenvalue weighted by Crippen LogP contribution is -2.51. The molecule has 0 bridgehead atoms. The Morgan fingerprint density at radius 2 is 1.51 bits per heavy atom. The van der Waals surface area contributed by atoms with Gasteiger partial charge in [0.1, 0.15) is 5.41 Å². The molecule has 3 aliphatic heterocycles. The number of hydrogen-bond donors (Lipinski definition) is 4. The van der Waals surface area contributed by atoms with E-state index in [4.69, 9.17) is 19.7 Å². The molecular weight excluding hydrogens is 765 g/mol. The molecular formula is C35H46IN11O4. The van der Waals surface area contributed by atoms with E-state index in [0.29, 0.717) is 98.5 Å². The number of benzene rings is 2. The van der Waals surface area contributed by atoms with E-state index in [0.717, 1.165) is 26.1 Å². The molecule has 1 atom stereocenters. The summed E-state index contributed by atoms with van der Waals surface area (Å²) in [6.45, 7) is 11.0. The van der Waals surface area contributed by atoms with Crippen molar-refractivity contribution in [1.82, 2.24) is 38.7 Å². The number of aromatic nitrogens is 3. The largest absolute Gasteiger partial charge is 0.378 e. The highest BCUT2D eigenvalue weighted by Gasteiger charge is 2.44. The Kier molecular flexibility index (Phi) is 12.0. The molecule has 0 saturated carbocycles. The van der Waals surface area contributed by atoms with Crippen LogP contribution in [0.25, 0.3) is 11.4 Å². The fraction of sp³-hybridized carbons (Fsp3) is 0.486. The monoisotopic (exact) mass is 811 g/mol. The number of nitrogens with one attached hydrogen (secondary N) is 4. The van der Waals surface area contributed by atoms with Gasteiger partial charge in [-0.25, -0.2) is 15.2 Å². The lowest BCUT2D eigenvalue weighted by molar-refractivity contribution is -0.126. The molecule has 3 aromatic rings. The number of carbonyl (C=O) groups excluding carboxylic acids is 3. The van der Waals surface area contributed by atoms with Crippen molar-refractivity contribution in [2.24, 2.45) is 0 Å². The molecule has 3 fully saturated rings. The molecule has 272 valence electrons. The second-order valence-corrected chi connectivity index (χ2v) is 14.4. The molecule has 1 aromatic heterocycles. The van der Waals surface area contributed by atoms with E-state index < -0.39 is 11.4 Å². The number of morpholine rings is 1. The van der Waals surface area contributed by atoms with Crippen LogP contribution in [0.5, 0.6) is 0 Å². The molecule has 0 spiro atoms. The molecule has 2 aromatic carbocycles. The minimum absolute atomic E-state index is 0.00107. The van der Waals surface area contributed by atoms with E-state index >= 15 is 0 Å². The van der Waals surface area contributed by atoms with Crippen LogP contribution < -0.4 is 26.3 Å². The maximum atomic E-state index is 13.5. The number of carbonyl (C=O) groups is 3. The molecule has 3 saturated heterocycles. The van der Waals surface area contributed by atoms with Crippen molar-refractivity contribution in [2.75, 3.05) is 88.2 Å². The van der Waals surface area contributed by atoms with Crippen LogP contribution in [0.3, 0.4) is 0 Å². The van der Waals surface area contributed by atoms with Crippen LogP contribution in [0, 0.1) is 0 Å². The number of likely N-dealkylation sites (N-methyl/N-ethyl adjacent to an activating group) is 1. The van der Waals surface area contributed by atoms with Crippen molar-refractivity contribution < 1.29 is 19.1 Å². The fourth-order valence-corrected chi connectivity index (χ4v) is 7.07. The summed E-state index contributed by atoms with van der Waals surface area (Å²) in [7, 11) is 1.64. The van der Waals surface area contributed by atoms with Crippen molar-refractivity contribution in [1.29, 1.82) is 0 Å². The zero-order valence-electron chi connectivity index (χ0n) is 29.3. The number of hydrazine groups is 1. The molecule has 6 rings (SSSR count). The van der Waals surface area contributed by atoms with E-state index in [-0.39, 0.29) is 11.8 Å². The lowest BCUT2D eigenvalue weighted by Gasteiger charge is -2.37. The number of anilines is 3. The summed E-state index contributed by atoms with van der Waals surface area (Å²) in [4.78, 5) is 60.4. The third kappa shape index (κ3) is 8.74. The topological polar surface area (TPSA) is 160 Å². The first kappa shape index (κ1) is 36.8. The molecule has 16 heteroatoms. The highest BCUT2D eigenvalue weighted by atomic mass is 127. The average Bonchev–Trinajstić information content (AvgIpc) is 3.37. The molecule has 4 heterocycles. The zero-order valence-corrected chi connectivity index (χ0v) is 31.5. The molecule has 3 aliphatic rings. The van der Waals surface area contributed by atoms with E-state index in [1.54, 1.807) is 43.4 Å². The number of urea groups is 1. The predicted octanol–water partition coefficient (Wildman–Crippen LogP) is 3.12. The third-order valence-electron chi connectivity index (χ3n) is 9.64. The van der Waals surface area contributed by atoms with Crippen LogP contribution in [0.4, 0.5) is 22.1 Å². The summed E-state index contributed by atoms with van der Waals surface area (Å²) in [6, 6.07) is 14.2. The van der Waals surface area contributed by atoms with Crippen LogP contribution in [-0.2, 0) is 14.9 Å². The highest BCUT2D eigenvalue weighted by molar-refractivity contribution is 14.1. The summed E-state index contributed by atoms with van der Waals surface area (Å²) in [5.41, 5.74) is 4.79. The predicted molar refractivity (Wildman–Crippen MR) is 204 cm³/mol. The Balaban J connectivity index is 1.15. The summed E-state index contributed by atoms with van der Waals surface area (Å²) in [5, 5.41) is 8.55. The number of halogens is 1. The molecule has 15 nitrogen and oxygen atoms in total. The van der Waals surface area contributed by atoms with Crippen molar-refractivity contribution in [3.8, 4) is 11.4 Å². The van der Waals surface area contributed by atoms with Crippen LogP contribution in [0.2, 0.25) is 0 Å². The quantitative estimate of drug-likeness (QED) is 0.196. The Hall–Kier alpha value is -3.97. The van der Waals surface area contributed by atoms with E-state index in [1.807, 2.05) is 20.3 Å². The summed E-state index contributed by atoms with van der Waals surface area (Å²) >= 11 is 2.21. The normalized spacial score (nSPS) is 20.5. The second-order valence-electron chi connectivity index (χ2n) is 13.2. The van der Waals surface area contributed by atoms with Crippen molar-refractivity contribution in [3.63, 3.8) is 0 Å². The zero-order chi connectivity index (χ0) is 36.0. The van der Waals surface area contributed by atoms with E-state index in [9.17, 15) is 14.4 Å². The van der Waals surface area contributed by atoms with Gasteiger partial charge < -0.3 is 30.5 Å². The van der Waals surface area contributed by atoms with Gasteiger partial charge in [-0.1, -0.05) is 0 Å². The summed E-state index contributed by atoms with van der Waals surface area (Å²) in [5.74, 6) is 1.20. The van der Waals surface area contributed by atoms with Gasteiger partial charge in [-0.2, -0.15) is 13.2 Å². The Labute approximate surface area is 312 Å². The van der Waals surface area contributed by atoms with Crippen LogP contribution in [0.1, 0.15) is 42.9 Å². The van der Waals surface area contributed by atoms with Gasteiger partial charge in [-0.3, -0.25) is 14.5 Å². The van der Waals surface area contributed by atoms with E-state index in [2.05, 4.69) is 67.9 Å². The second kappa shape index (κ2) is 16.6. The van der Waals surface area contributed by atoms with Gasteiger partial charge >= 0.3 is 6.03 Å². The van der Waals surface area contributed by atoms with Gasteiger partial charge in [0.25, 0.3) is 5.91 Å². The smallest absolute Gasteiger partial charge is 0.323 e. The van der Waals surface area contributed by atoms with Crippen molar-refractivity contribution >= 4 is 58.0 Å². The first-order chi connectivity index (χ1) is 24.6. The molecule has 4 amide bonds. The number of amides is 4. The number of hydrogen-bond acceptors (Lipinski definition) is 11. The average molecular weight is 812 g/mol. The van der Waals surface area contributed by atoms with Gasteiger partial charge in [-0.15, -0.1) is 0 Å². The molecule has 0 aliphatic carbocycles. The Morgan fingerprint density at radius 1 is 0.863 bits per heavy atom. The minimum Gasteiger partial charge on any atom is -0.378 e. The first-order valence-electron chi connectivity index (χ1n) is 17.5. The Morgan fingerprint density at radius 3 is 2.14 bits per heavy atom. The summed E-state index contributed by atoms with van der Waals surface area (Å²) in [6.07, 6.45) is 1.34. The van der Waals surface area contributed by atoms with Gasteiger partial charge in [0.15, 0.2) is 11.6 Å². The minimum atomic E-state index is -0.999. The number of rotatable bonds is 8. The standard InChI is InChI=1S/C35H46IN11O4/c1-24(2)44-15-17-45(18-16-44)30(48)26-7-11-28(12-8-26)40-34(50)39-27-9-5-25(6-10-27)29-41-31(43-33(42-29)46-19-21-51-22-20-46)35(32(49)37-3)13-4-14-47(36)38-23-35/h5-12,24,38H,4,13-23H2,1-3H3,(H,37,49)(H2,39,40,50). The van der Waals surface area contributed by atoms with Gasteiger partial charge in [0.2, 0.25) is 11.9 Å². The Bertz CT molecular complexity index is 1680. The lowest BCUT2D eigenvalue weighted by atomic mass is 9.81. The molecule has 1 unspecified atom stereocenters. The van der Waals surface area contributed by atoms with Gasteiger partial charge in [0, 0.05) is 111 Å². The molecule has 51 heavy (non-hydrogen) atoms. The number of ether oxygens (including phenoxy) is 1. The van der Waals surface area contributed by atoms with Crippen LogP contribution >= 0.6 is 22.9 Å². The fourth-order valence-electron chi connectivity index (χ4n) is 6.56.